The minimum atomic E-state index is -0.597. The van der Waals surface area contributed by atoms with Gasteiger partial charge in [-0.05, 0) is 31.0 Å². The van der Waals surface area contributed by atoms with Crippen LogP contribution < -0.4 is 0 Å². The third-order valence-electron chi connectivity index (χ3n) is 3.21. The molecule has 1 unspecified atom stereocenters. The van der Waals surface area contributed by atoms with Crippen molar-refractivity contribution in [1.82, 2.24) is 0 Å². The topological polar surface area (TPSA) is 26.3 Å². The molecule has 0 saturated carbocycles. The van der Waals surface area contributed by atoms with Gasteiger partial charge in [-0.25, -0.2) is 4.39 Å². The zero-order chi connectivity index (χ0) is 16.5. The Labute approximate surface area is 131 Å². The van der Waals surface area contributed by atoms with E-state index in [0.29, 0.717) is 12.2 Å². The maximum absolute atomic E-state index is 14.2. The van der Waals surface area contributed by atoms with Crippen LogP contribution in [0.3, 0.4) is 0 Å². The molecule has 2 aromatic rings. The first-order valence-corrected chi connectivity index (χ1v) is 7.65. The molecule has 0 spiro atoms. The Hall–Kier alpha value is -2.16. The first-order valence-electron chi connectivity index (χ1n) is 7.65. The van der Waals surface area contributed by atoms with E-state index in [1.807, 2.05) is 50.2 Å². The van der Waals surface area contributed by atoms with Gasteiger partial charge in [-0.3, -0.25) is 4.79 Å². The van der Waals surface area contributed by atoms with Crippen LogP contribution >= 0.6 is 0 Å². The van der Waals surface area contributed by atoms with Gasteiger partial charge in [0, 0.05) is 5.56 Å². The van der Waals surface area contributed by atoms with Crippen molar-refractivity contribution in [3.63, 3.8) is 0 Å². The van der Waals surface area contributed by atoms with Crippen LogP contribution in [-0.4, -0.2) is 12.6 Å². The summed E-state index contributed by atoms with van der Waals surface area (Å²) >= 11 is 0. The highest BCUT2D eigenvalue weighted by molar-refractivity contribution is 5.78. The lowest BCUT2D eigenvalue weighted by Gasteiger charge is -2.12. The summed E-state index contributed by atoms with van der Waals surface area (Å²) in [5.41, 5.74) is 2.10. The summed E-state index contributed by atoms with van der Waals surface area (Å²) in [6.45, 7) is 7.69. The molecular weight excluding hydrogens is 279 g/mol. The van der Waals surface area contributed by atoms with Crippen LogP contribution in [0.4, 0.5) is 4.39 Å². The van der Waals surface area contributed by atoms with Crippen molar-refractivity contribution in [3.8, 4) is 11.1 Å². The lowest BCUT2D eigenvalue weighted by atomic mass is 9.97. The molecule has 0 fully saturated rings. The predicted octanol–water partition coefficient (Wildman–Crippen LogP) is 5.19. The lowest BCUT2D eigenvalue weighted by molar-refractivity contribution is -0.144. The van der Waals surface area contributed by atoms with E-state index in [1.54, 1.807) is 19.9 Å². The Bertz CT molecular complexity index is 594. The minimum absolute atomic E-state index is 0.299. The molecule has 0 aromatic heterocycles. The van der Waals surface area contributed by atoms with Gasteiger partial charge < -0.3 is 4.74 Å². The van der Waals surface area contributed by atoms with Crippen molar-refractivity contribution in [3.05, 3.63) is 59.9 Å². The Balaban J connectivity index is 0.00000116. The minimum Gasteiger partial charge on any atom is -0.466 e. The van der Waals surface area contributed by atoms with E-state index in [1.165, 1.54) is 6.07 Å². The van der Waals surface area contributed by atoms with Gasteiger partial charge in [-0.1, -0.05) is 56.3 Å². The highest BCUT2D eigenvalue weighted by atomic mass is 19.1. The summed E-state index contributed by atoms with van der Waals surface area (Å²) < 4.78 is 19.1. The molecule has 0 heterocycles. The molecule has 0 aliphatic carbocycles. The van der Waals surface area contributed by atoms with E-state index in [9.17, 15) is 9.18 Å². The van der Waals surface area contributed by atoms with Gasteiger partial charge in [-0.15, -0.1) is 0 Å². The molecule has 22 heavy (non-hydrogen) atoms. The van der Waals surface area contributed by atoms with Crippen molar-refractivity contribution < 1.29 is 13.9 Å². The Morgan fingerprint density at radius 3 is 2.27 bits per heavy atom. The Morgan fingerprint density at radius 2 is 1.73 bits per heavy atom. The predicted molar refractivity (Wildman–Crippen MR) is 88.2 cm³/mol. The number of benzene rings is 2. The van der Waals surface area contributed by atoms with Gasteiger partial charge in [0.25, 0.3) is 0 Å². The molecule has 1 atom stereocenters. The first-order chi connectivity index (χ1) is 10.6. The molecule has 0 amide bonds. The van der Waals surface area contributed by atoms with Crippen LogP contribution in [-0.2, 0) is 9.53 Å². The van der Waals surface area contributed by atoms with Gasteiger partial charge in [0.15, 0.2) is 0 Å². The third-order valence-corrected chi connectivity index (χ3v) is 3.21. The Kier molecular flexibility index (Phi) is 7.30. The van der Waals surface area contributed by atoms with E-state index in [-0.39, 0.29) is 5.82 Å². The maximum atomic E-state index is 14.2. The van der Waals surface area contributed by atoms with Crippen molar-refractivity contribution >= 4 is 5.97 Å². The number of rotatable bonds is 4. The van der Waals surface area contributed by atoms with E-state index >= 15 is 0 Å². The molecule has 2 rings (SSSR count). The second-order valence-corrected chi connectivity index (χ2v) is 4.58. The average Bonchev–Trinajstić information content (AvgIpc) is 2.57. The van der Waals surface area contributed by atoms with E-state index in [2.05, 4.69) is 0 Å². The monoisotopic (exact) mass is 302 g/mol. The number of hydrogen-bond acceptors (Lipinski definition) is 2. The molecule has 0 radical (unpaired) electrons. The van der Waals surface area contributed by atoms with Crippen LogP contribution in [0.2, 0.25) is 0 Å². The molecule has 0 bridgehead atoms. The summed E-state index contributed by atoms with van der Waals surface area (Å²) in [6, 6.07) is 14.5. The van der Waals surface area contributed by atoms with E-state index < -0.39 is 11.9 Å². The average molecular weight is 302 g/mol. The van der Waals surface area contributed by atoms with E-state index in [0.717, 1.165) is 11.1 Å². The van der Waals surface area contributed by atoms with Crippen LogP contribution in [0.15, 0.2) is 48.5 Å². The van der Waals surface area contributed by atoms with Crippen LogP contribution in [0, 0.1) is 5.82 Å². The van der Waals surface area contributed by atoms with Crippen molar-refractivity contribution in [2.75, 3.05) is 6.61 Å². The highest BCUT2D eigenvalue weighted by Gasteiger charge is 2.20. The molecule has 0 aliphatic rings. The highest BCUT2D eigenvalue weighted by Crippen LogP contribution is 2.26. The molecule has 2 nitrogen and oxygen atoms in total. The zero-order valence-corrected chi connectivity index (χ0v) is 13.6. The fraction of sp³-hybridized carbons (Fsp3) is 0.316. The van der Waals surface area contributed by atoms with Gasteiger partial charge in [0.2, 0.25) is 0 Å². The number of halogens is 1. The molecule has 2 aromatic carbocycles. The number of ether oxygens (including phenoxy) is 1. The van der Waals surface area contributed by atoms with Crippen LogP contribution in [0.5, 0.6) is 0 Å². The van der Waals surface area contributed by atoms with Crippen molar-refractivity contribution in [2.45, 2.75) is 33.6 Å². The van der Waals surface area contributed by atoms with Crippen LogP contribution in [0.1, 0.15) is 39.2 Å². The standard InChI is InChI=1S/C17H17FO2.C2H6/c1-3-20-17(19)12(2)15-10-9-14(11-16(15)18)13-7-5-4-6-8-13;1-2/h4-12H,3H2,1-2H3;1-2H3. The SMILES string of the molecule is CC.CCOC(=O)C(C)c1ccc(-c2ccccc2)cc1F. The lowest BCUT2D eigenvalue weighted by Crippen LogP contribution is -2.14. The van der Waals surface area contributed by atoms with Gasteiger partial charge in [-0.2, -0.15) is 0 Å². The van der Waals surface area contributed by atoms with Crippen molar-refractivity contribution in [2.24, 2.45) is 0 Å². The van der Waals surface area contributed by atoms with Crippen LogP contribution in [0.25, 0.3) is 11.1 Å². The quantitative estimate of drug-likeness (QED) is 0.727. The number of carbonyl (C=O) groups excluding carboxylic acids is 1. The smallest absolute Gasteiger partial charge is 0.313 e. The summed E-state index contributed by atoms with van der Waals surface area (Å²) in [5.74, 6) is -1.38. The van der Waals surface area contributed by atoms with Crippen molar-refractivity contribution in [1.29, 1.82) is 0 Å². The zero-order valence-electron chi connectivity index (χ0n) is 13.6. The fourth-order valence-electron chi connectivity index (χ4n) is 2.08. The molecule has 0 saturated heterocycles. The second-order valence-electron chi connectivity index (χ2n) is 4.58. The summed E-state index contributed by atoms with van der Waals surface area (Å²) in [4.78, 5) is 11.7. The normalized spacial score (nSPS) is 11.1. The summed E-state index contributed by atoms with van der Waals surface area (Å²) in [7, 11) is 0. The van der Waals surface area contributed by atoms with Gasteiger partial charge in [0.1, 0.15) is 5.82 Å². The fourth-order valence-corrected chi connectivity index (χ4v) is 2.08. The summed E-state index contributed by atoms with van der Waals surface area (Å²) in [5, 5.41) is 0. The first kappa shape index (κ1) is 17.9. The second kappa shape index (κ2) is 8.98. The maximum Gasteiger partial charge on any atom is 0.313 e. The number of hydrogen-bond donors (Lipinski definition) is 0. The van der Waals surface area contributed by atoms with Gasteiger partial charge in [0.05, 0.1) is 12.5 Å². The molecular formula is C19H23FO2. The number of esters is 1. The van der Waals surface area contributed by atoms with Gasteiger partial charge >= 0.3 is 5.97 Å². The number of carbonyl (C=O) groups is 1. The molecule has 0 aliphatic heterocycles. The summed E-state index contributed by atoms with van der Waals surface area (Å²) in [6.07, 6.45) is 0. The molecule has 0 N–H and O–H groups in total. The Morgan fingerprint density at radius 1 is 1.09 bits per heavy atom. The largest absolute Gasteiger partial charge is 0.466 e. The van der Waals surface area contributed by atoms with E-state index in [4.69, 9.17) is 4.74 Å². The molecule has 3 heteroatoms. The third kappa shape index (κ3) is 4.42. The molecule has 118 valence electrons.